The second-order valence-electron chi connectivity index (χ2n) is 2.87. The van der Waals surface area contributed by atoms with Gasteiger partial charge < -0.3 is 4.74 Å². The van der Waals surface area contributed by atoms with Gasteiger partial charge in [0.05, 0.1) is 6.61 Å². The van der Waals surface area contributed by atoms with E-state index in [1.54, 1.807) is 18.2 Å². The van der Waals surface area contributed by atoms with E-state index in [-0.39, 0.29) is 5.78 Å². The highest BCUT2D eigenvalue weighted by atomic mass is 16.5. The van der Waals surface area contributed by atoms with Crippen molar-refractivity contribution in [1.82, 2.24) is 4.98 Å². The fraction of sp³-hybridized carbons (Fsp3) is 0.273. The maximum absolute atomic E-state index is 10.9. The zero-order valence-electron chi connectivity index (χ0n) is 8.19. The summed E-state index contributed by atoms with van der Waals surface area (Å²) in [5.41, 5.74) is 0.598. The standard InChI is InChI=1S/C11H13NO2/c1-3-4-7-14-11-6-5-10(8-12-11)9(2)13/h3,5-6,8H,1,4,7H2,2H3. The number of pyridine rings is 1. The van der Waals surface area contributed by atoms with Gasteiger partial charge in [-0.3, -0.25) is 4.79 Å². The molecule has 1 aromatic heterocycles. The molecule has 0 saturated heterocycles. The van der Waals surface area contributed by atoms with Crippen LogP contribution >= 0.6 is 0 Å². The van der Waals surface area contributed by atoms with Gasteiger partial charge >= 0.3 is 0 Å². The predicted octanol–water partition coefficient (Wildman–Crippen LogP) is 2.24. The van der Waals surface area contributed by atoms with Crippen LogP contribution in [0.3, 0.4) is 0 Å². The van der Waals surface area contributed by atoms with E-state index in [0.29, 0.717) is 18.1 Å². The van der Waals surface area contributed by atoms with Crippen molar-refractivity contribution in [1.29, 1.82) is 0 Å². The molecule has 0 aliphatic carbocycles. The van der Waals surface area contributed by atoms with Crippen molar-refractivity contribution >= 4 is 5.78 Å². The Hall–Kier alpha value is -1.64. The summed E-state index contributed by atoms with van der Waals surface area (Å²) in [6, 6.07) is 3.40. The highest BCUT2D eigenvalue weighted by Crippen LogP contribution is 2.08. The molecular weight excluding hydrogens is 178 g/mol. The molecule has 1 aromatic rings. The van der Waals surface area contributed by atoms with E-state index in [1.165, 1.54) is 13.1 Å². The first kappa shape index (κ1) is 10.4. The molecule has 0 unspecified atom stereocenters. The number of Topliss-reactive ketones (excluding diaryl/α,β-unsaturated/α-hetero) is 1. The third-order valence-corrected chi connectivity index (χ3v) is 1.71. The molecule has 1 heterocycles. The molecule has 0 N–H and O–H groups in total. The van der Waals surface area contributed by atoms with E-state index in [9.17, 15) is 4.79 Å². The van der Waals surface area contributed by atoms with Crippen LogP contribution in [-0.4, -0.2) is 17.4 Å². The normalized spacial score (nSPS) is 9.50. The van der Waals surface area contributed by atoms with E-state index in [2.05, 4.69) is 11.6 Å². The number of ketones is 1. The quantitative estimate of drug-likeness (QED) is 0.407. The van der Waals surface area contributed by atoms with Crippen LogP contribution in [0.15, 0.2) is 31.0 Å². The summed E-state index contributed by atoms with van der Waals surface area (Å²) in [7, 11) is 0. The Balaban J connectivity index is 2.55. The van der Waals surface area contributed by atoms with E-state index >= 15 is 0 Å². The second kappa shape index (κ2) is 5.17. The molecule has 0 aliphatic heterocycles. The molecule has 0 spiro atoms. The van der Waals surface area contributed by atoms with Gasteiger partial charge in [0.1, 0.15) is 0 Å². The van der Waals surface area contributed by atoms with Crippen LogP contribution in [0.2, 0.25) is 0 Å². The van der Waals surface area contributed by atoms with Gasteiger partial charge in [0.25, 0.3) is 0 Å². The Morgan fingerprint density at radius 2 is 2.43 bits per heavy atom. The molecule has 0 fully saturated rings. The van der Waals surface area contributed by atoms with E-state index in [4.69, 9.17) is 4.74 Å². The highest BCUT2D eigenvalue weighted by molar-refractivity contribution is 5.93. The van der Waals surface area contributed by atoms with Gasteiger partial charge in [0.2, 0.25) is 5.88 Å². The average molecular weight is 191 g/mol. The zero-order chi connectivity index (χ0) is 10.4. The lowest BCUT2D eigenvalue weighted by Crippen LogP contribution is -1.99. The average Bonchev–Trinajstić information content (AvgIpc) is 2.19. The monoisotopic (exact) mass is 191 g/mol. The van der Waals surface area contributed by atoms with Crippen molar-refractivity contribution in [3.63, 3.8) is 0 Å². The van der Waals surface area contributed by atoms with Crippen LogP contribution in [0.4, 0.5) is 0 Å². The van der Waals surface area contributed by atoms with Crippen LogP contribution in [0.5, 0.6) is 5.88 Å². The minimum absolute atomic E-state index is 0.00939. The fourth-order valence-corrected chi connectivity index (χ4v) is 0.921. The number of rotatable bonds is 5. The van der Waals surface area contributed by atoms with Gasteiger partial charge in [-0.2, -0.15) is 0 Å². The Bertz CT molecular complexity index is 317. The lowest BCUT2D eigenvalue weighted by atomic mass is 10.2. The molecule has 0 aliphatic rings. The molecule has 0 amide bonds. The first-order valence-electron chi connectivity index (χ1n) is 4.44. The third kappa shape index (κ3) is 3.01. The molecule has 3 heteroatoms. The maximum Gasteiger partial charge on any atom is 0.213 e. The number of ether oxygens (including phenoxy) is 1. The largest absolute Gasteiger partial charge is 0.477 e. The molecule has 0 aromatic carbocycles. The minimum atomic E-state index is 0.00939. The molecule has 14 heavy (non-hydrogen) atoms. The predicted molar refractivity (Wildman–Crippen MR) is 54.6 cm³/mol. The number of hydrogen-bond donors (Lipinski definition) is 0. The smallest absolute Gasteiger partial charge is 0.213 e. The molecule has 1 rings (SSSR count). The highest BCUT2D eigenvalue weighted by Gasteiger charge is 1.99. The molecule has 3 nitrogen and oxygen atoms in total. The summed E-state index contributed by atoms with van der Waals surface area (Å²) < 4.78 is 5.29. The van der Waals surface area contributed by atoms with Gasteiger partial charge in [-0.15, -0.1) is 6.58 Å². The van der Waals surface area contributed by atoms with Crippen molar-refractivity contribution in [2.75, 3.05) is 6.61 Å². The number of carbonyl (C=O) groups is 1. The lowest BCUT2D eigenvalue weighted by Gasteiger charge is -2.02. The van der Waals surface area contributed by atoms with Crippen LogP contribution in [0.1, 0.15) is 23.7 Å². The Morgan fingerprint density at radius 1 is 1.64 bits per heavy atom. The van der Waals surface area contributed by atoms with Crippen LogP contribution in [0, 0.1) is 0 Å². The van der Waals surface area contributed by atoms with Crippen LogP contribution in [0.25, 0.3) is 0 Å². The third-order valence-electron chi connectivity index (χ3n) is 1.71. The number of nitrogens with zero attached hydrogens (tertiary/aromatic N) is 1. The number of hydrogen-bond acceptors (Lipinski definition) is 3. The van der Waals surface area contributed by atoms with E-state index in [0.717, 1.165) is 6.42 Å². The fourth-order valence-electron chi connectivity index (χ4n) is 0.921. The molecule has 0 atom stereocenters. The van der Waals surface area contributed by atoms with E-state index in [1.807, 2.05) is 0 Å². The Morgan fingerprint density at radius 3 is 2.93 bits per heavy atom. The van der Waals surface area contributed by atoms with Crippen LogP contribution in [-0.2, 0) is 0 Å². The van der Waals surface area contributed by atoms with Crippen molar-refractivity contribution in [2.45, 2.75) is 13.3 Å². The first-order chi connectivity index (χ1) is 6.74. The Labute approximate surface area is 83.4 Å². The number of carbonyl (C=O) groups excluding carboxylic acids is 1. The minimum Gasteiger partial charge on any atom is -0.477 e. The summed E-state index contributed by atoms with van der Waals surface area (Å²) in [5, 5.41) is 0. The molecule has 74 valence electrons. The van der Waals surface area contributed by atoms with Gasteiger partial charge in [0.15, 0.2) is 5.78 Å². The summed E-state index contributed by atoms with van der Waals surface area (Å²) in [6.07, 6.45) is 4.09. The molecule has 0 bridgehead atoms. The lowest BCUT2D eigenvalue weighted by molar-refractivity contribution is 0.101. The second-order valence-corrected chi connectivity index (χ2v) is 2.87. The van der Waals surface area contributed by atoms with Crippen molar-refractivity contribution < 1.29 is 9.53 Å². The molecule has 0 radical (unpaired) electrons. The first-order valence-corrected chi connectivity index (χ1v) is 4.44. The van der Waals surface area contributed by atoms with E-state index < -0.39 is 0 Å². The number of aromatic nitrogens is 1. The maximum atomic E-state index is 10.9. The van der Waals surface area contributed by atoms with Crippen LogP contribution < -0.4 is 4.74 Å². The zero-order valence-corrected chi connectivity index (χ0v) is 8.19. The summed E-state index contributed by atoms with van der Waals surface area (Å²) in [4.78, 5) is 14.9. The van der Waals surface area contributed by atoms with Crippen molar-refractivity contribution in [2.24, 2.45) is 0 Å². The summed E-state index contributed by atoms with van der Waals surface area (Å²) in [6.45, 7) is 5.66. The van der Waals surface area contributed by atoms with Gasteiger partial charge in [-0.1, -0.05) is 6.08 Å². The van der Waals surface area contributed by atoms with Crippen molar-refractivity contribution in [3.8, 4) is 5.88 Å². The molecular formula is C11H13NO2. The van der Waals surface area contributed by atoms with Gasteiger partial charge in [0, 0.05) is 17.8 Å². The van der Waals surface area contributed by atoms with Gasteiger partial charge in [-0.05, 0) is 19.4 Å². The van der Waals surface area contributed by atoms with Crippen molar-refractivity contribution in [3.05, 3.63) is 36.5 Å². The molecule has 0 saturated carbocycles. The summed E-state index contributed by atoms with van der Waals surface area (Å²) in [5.74, 6) is 0.548. The topological polar surface area (TPSA) is 39.2 Å². The van der Waals surface area contributed by atoms with Gasteiger partial charge in [-0.25, -0.2) is 4.98 Å². The SMILES string of the molecule is C=CCCOc1ccc(C(C)=O)cn1. The Kier molecular flexibility index (Phi) is 3.85. The summed E-state index contributed by atoms with van der Waals surface area (Å²) >= 11 is 0.